The molecule has 0 aromatic carbocycles. The molecule has 0 saturated carbocycles. The number of rotatable bonds is 10. The van der Waals surface area contributed by atoms with Gasteiger partial charge < -0.3 is 16.4 Å². The van der Waals surface area contributed by atoms with Crippen molar-refractivity contribution in [3.05, 3.63) is 0 Å². The molecule has 0 aliphatic heterocycles. The third-order valence-corrected chi connectivity index (χ3v) is 2.73. The van der Waals surface area contributed by atoms with Crippen LogP contribution < -0.4 is 16.4 Å². The van der Waals surface area contributed by atoms with E-state index >= 15 is 0 Å². The zero-order valence-corrected chi connectivity index (χ0v) is 11.8. The van der Waals surface area contributed by atoms with Gasteiger partial charge >= 0.3 is 0 Å². The summed E-state index contributed by atoms with van der Waals surface area (Å²) in [6.07, 6.45) is 2.41. The Bertz CT molecular complexity index is 255. The molecular weight excluding hydrogens is 230 g/mol. The molecule has 0 fully saturated rings. The van der Waals surface area contributed by atoms with Gasteiger partial charge in [-0.3, -0.25) is 9.59 Å². The smallest absolute Gasteiger partial charge is 0.234 e. The van der Waals surface area contributed by atoms with Crippen LogP contribution in [-0.4, -0.2) is 37.4 Å². The number of hydrogen-bond acceptors (Lipinski definition) is 4. The summed E-state index contributed by atoms with van der Waals surface area (Å²) in [5.74, 6) is -0.0900. The summed E-state index contributed by atoms with van der Waals surface area (Å²) in [5, 5.41) is 5.75. The van der Waals surface area contributed by atoms with Crippen molar-refractivity contribution in [1.29, 1.82) is 0 Å². The van der Waals surface area contributed by atoms with Crippen LogP contribution in [0.4, 0.5) is 0 Å². The zero-order valence-electron chi connectivity index (χ0n) is 11.8. The minimum absolute atomic E-state index is 0.0627. The van der Waals surface area contributed by atoms with E-state index in [1.165, 1.54) is 0 Å². The van der Waals surface area contributed by atoms with Gasteiger partial charge in [0.1, 0.15) is 0 Å². The topological polar surface area (TPSA) is 84.2 Å². The Morgan fingerprint density at radius 1 is 1.22 bits per heavy atom. The molecule has 106 valence electrons. The van der Waals surface area contributed by atoms with E-state index in [0.717, 1.165) is 19.4 Å². The van der Waals surface area contributed by atoms with Gasteiger partial charge in [-0.25, -0.2) is 0 Å². The van der Waals surface area contributed by atoms with Crippen LogP contribution in [-0.2, 0) is 9.59 Å². The molecule has 4 N–H and O–H groups in total. The second-order valence-electron chi connectivity index (χ2n) is 4.74. The zero-order chi connectivity index (χ0) is 14.0. The maximum absolute atomic E-state index is 12.0. The molecule has 0 spiro atoms. The fourth-order valence-electron chi connectivity index (χ4n) is 1.66. The lowest BCUT2D eigenvalue weighted by atomic mass is 9.97. The van der Waals surface area contributed by atoms with E-state index in [1.807, 2.05) is 20.8 Å². The first-order chi connectivity index (χ1) is 8.52. The van der Waals surface area contributed by atoms with Crippen LogP contribution in [0.15, 0.2) is 0 Å². The first-order valence-electron chi connectivity index (χ1n) is 6.76. The molecule has 0 rings (SSSR count). The van der Waals surface area contributed by atoms with Crippen molar-refractivity contribution in [3.8, 4) is 0 Å². The highest BCUT2D eigenvalue weighted by Crippen LogP contribution is 2.07. The summed E-state index contributed by atoms with van der Waals surface area (Å²) in [7, 11) is 0. The summed E-state index contributed by atoms with van der Waals surface area (Å²) in [6.45, 7) is 7.27. The lowest BCUT2D eigenvalue weighted by molar-refractivity contribution is -0.129. The van der Waals surface area contributed by atoms with Gasteiger partial charge in [0.25, 0.3) is 0 Å². The average Bonchev–Trinajstić information content (AvgIpc) is 2.34. The molecule has 0 aliphatic rings. The van der Waals surface area contributed by atoms with Crippen LogP contribution in [0.2, 0.25) is 0 Å². The van der Waals surface area contributed by atoms with Gasteiger partial charge in [-0.1, -0.05) is 20.8 Å². The maximum Gasteiger partial charge on any atom is 0.234 e. The normalized spacial score (nSPS) is 12.5. The highest BCUT2D eigenvalue weighted by atomic mass is 16.2. The standard InChI is InChI=1S/C13H27N3O2/c1-4-15-9-12(17)16-11(7-5-6-8-14)13(18)10(2)3/h10-11,15H,4-9,14H2,1-3H3,(H,16,17)/t11-/m0/s1. The molecule has 0 aliphatic carbocycles. The summed E-state index contributed by atoms with van der Waals surface area (Å²) in [4.78, 5) is 23.6. The van der Waals surface area contributed by atoms with Gasteiger partial charge in [0.05, 0.1) is 12.6 Å². The Morgan fingerprint density at radius 2 is 1.89 bits per heavy atom. The minimum atomic E-state index is -0.372. The van der Waals surface area contributed by atoms with E-state index < -0.39 is 0 Å². The van der Waals surface area contributed by atoms with Crippen LogP contribution in [0.3, 0.4) is 0 Å². The monoisotopic (exact) mass is 257 g/mol. The van der Waals surface area contributed by atoms with Crippen molar-refractivity contribution in [2.45, 2.75) is 46.1 Å². The molecule has 18 heavy (non-hydrogen) atoms. The second kappa shape index (κ2) is 10.0. The average molecular weight is 257 g/mol. The molecule has 0 bridgehead atoms. The number of nitrogens with one attached hydrogen (secondary N) is 2. The summed E-state index contributed by atoms with van der Waals surface area (Å²) >= 11 is 0. The summed E-state index contributed by atoms with van der Waals surface area (Å²) in [5.41, 5.74) is 5.44. The molecule has 5 nitrogen and oxygen atoms in total. The number of carbonyl (C=O) groups is 2. The fraction of sp³-hybridized carbons (Fsp3) is 0.846. The molecule has 0 saturated heterocycles. The lowest BCUT2D eigenvalue weighted by Crippen LogP contribution is -2.46. The van der Waals surface area contributed by atoms with Gasteiger partial charge in [0.15, 0.2) is 5.78 Å². The highest BCUT2D eigenvalue weighted by Gasteiger charge is 2.22. The number of Topliss-reactive ketones (excluding diaryl/α,β-unsaturated/α-hetero) is 1. The molecule has 0 aromatic heterocycles. The van der Waals surface area contributed by atoms with Gasteiger partial charge in [-0.05, 0) is 32.4 Å². The Balaban J connectivity index is 4.27. The number of nitrogens with two attached hydrogens (primary N) is 1. The Morgan fingerprint density at radius 3 is 2.39 bits per heavy atom. The molecule has 0 radical (unpaired) electrons. The van der Waals surface area contributed by atoms with E-state index in [-0.39, 0.29) is 30.2 Å². The first-order valence-corrected chi connectivity index (χ1v) is 6.76. The molecule has 1 amide bonds. The van der Waals surface area contributed by atoms with E-state index in [2.05, 4.69) is 10.6 Å². The van der Waals surface area contributed by atoms with Crippen LogP contribution in [0, 0.1) is 5.92 Å². The second-order valence-corrected chi connectivity index (χ2v) is 4.74. The van der Waals surface area contributed by atoms with Crippen molar-refractivity contribution >= 4 is 11.7 Å². The lowest BCUT2D eigenvalue weighted by Gasteiger charge is -2.19. The number of ketones is 1. The van der Waals surface area contributed by atoms with Crippen LogP contribution in [0.25, 0.3) is 0 Å². The van der Waals surface area contributed by atoms with Gasteiger partial charge in [0.2, 0.25) is 5.91 Å². The summed E-state index contributed by atoms with van der Waals surface area (Å²) < 4.78 is 0. The quantitative estimate of drug-likeness (QED) is 0.496. The van der Waals surface area contributed by atoms with Crippen molar-refractivity contribution in [3.63, 3.8) is 0 Å². The number of hydrogen-bond donors (Lipinski definition) is 3. The molecule has 5 heteroatoms. The van der Waals surface area contributed by atoms with E-state index in [9.17, 15) is 9.59 Å². The molecule has 1 atom stereocenters. The number of carbonyl (C=O) groups excluding carboxylic acids is 2. The first kappa shape index (κ1) is 17.1. The van der Waals surface area contributed by atoms with Crippen molar-refractivity contribution in [2.24, 2.45) is 11.7 Å². The largest absolute Gasteiger partial charge is 0.345 e. The van der Waals surface area contributed by atoms with Crippen LogP contribution in [0.5, 0.6) is 0 Å². The number of unbranched alkanes of at least 4 members (excludes halogenated alkanes) is 1. The summed E-state index contributed by atoms with van der Waals surface area (Å²) in [6, 6.07) is -0.372. The van der Waals surface area contributed by atoms with Gasteiger partial charge in [-0.15, -0.1) is 0 Å². The van der Waals surface area contributed by atoms with Crippen molar-refractivity contribution in [1.82, 2.24) is 10.6 Å². The predicted octanol–water partition coefficient (Wildman–Crippen LogP) is 0.435. The third-order valence-electron chi connectivity index (χ3n) is 2.73. The van der Waals surface area contributed by atoms with Crippen molar-refractivity contribution < 1.29 is 9.59 Å². The van der Waals surface area contributed by atoms with Gasteiger partial charge in [0, 0.05) is 5.92 Å². The maximum atomic E-state index is 12.0. The number of amides is 1. The van der Waals surface area contributed by atoms with E-state index in [0.29, 0.717) is 13.0 Å². The van der Waals surface area contributed by atoms with Crippen molar-refractivity contribution in [2.75, 3.05) is 19.6 Å². The van der Waals surface area contributed by atoms with Crippen LogP contribution >= 0.6 is 0 Å². The SMILES string of the molecule is CCNCC(=O)N[C@@H](CCCCN)C(=O)C(C)C. The Kier molecular flexibility index (Phi) is 9.50. The minimum Gasteiger partial charge on any atom is -0.345 e. The van der Waals surface area contributed by atoms with E-state index in [1.54, 1.807) is 0 Å². The predicted molar refractivity (Wildman–Crippen MR) is 73.2 cm³/mol. The van der Waals surface area contributed by atoms with Crippen LogP contribution in [0.1, 0.15) is 40.0 Å². The fourth-order valence-corrected chi connectivity index (χ4v) is 1.66. The molecular formula is C13H27N3O2. The number of likely N-dealkylation sites (N-methyl/N-ethyl adjacent to an activating group) is 1. The third kappa shape index (κ3) is 7.40. The van der Waals surface area contributed by atoms with Gasteiger partial charge in [-0.2, -0.15) is 0 Å². The molecule has 0 unspecified atom stereocenters. The molecule has 0 aromatic rings. The molecule has 0 heterocycles. The Hall–Kier alpha value is -0.940. The highest BCUT2D eigenvalue weighted by molar-refractivity contribution is 5.90. The Labute approximate surface area is 110 Å². The van der Waals surface area contributed by atoms with E-state index in [4.69, 9.17) is 5.73 Å².